The Morgan fingerprint density at radius 3 is 2.53 bits per heavy atom. The zero-order valence-corrected chi connectivity index (χ0v) is 10.1. The minimum Gasteiger partial charge on any atom is -0.459 e. The van der Waals surface area contributed by atoms with Crippen LogP contribution in [0.15, 0.2) is 0 Å². The van der Waals surface area contributed by atoms with Crippen LogP contribution in [-0.2, 0) is 9.53 Å². The van der Waals surface area contributed by atoms with Crippen LogP contribution < -0.4 is 5.32 Å². The maximum atomic E-state index is 11.5. The second-order valence-electron chi connectivity index (χ2n) is 4.85. The standard InChI is InChI=1S/C12H23NO2/c1-4-5-11(14)15-12(2,3)10-6-8-13-9-7-10/h10,13H,4-9H2,1-3H3. The maximum Gasteiger partial charge on any atom is 0.306 e. The number of hydrogen-bond acceptors (Lipinski definition) is 3. The van der Waals surface area contributed by atoms with Crippen LogP contribution in [0.2, 0.25) is 0 Å². The zero-order valence-electron chi connectivity index (χ0n) is 10.1. The molecule has 0 saturated carbocycles. The molecule has 3 heteroatoms. The smallest absolute Gasteiger partial charge is 0.306 e. The SMILES string of the molecule is CCCC(=O)OC(C)(C)C1CCNCC1. The second-order valence-corrected chi connectivity index (χ2v) is 4.85. The Morgan fingerprint density at radius 2 is 2.00 bits per heavy atom. The lowest BCUT2D eigenvalue weighted by molar-refractivity contribution is -0.162. The van der Waals surface area contributed by atoms with Crippen molar-refractivity contribution in [3.8, 4) is 0 Å². The van der Waals surface area contributed by atoms with Gasteiger partial charge in [0.15, 0.2) is 0 Å². The number of ether oxygens (including phenoxy) is 1. The molecule has 1 heterocycles. The van der Waals surface area contributed by atoms with Gasteiger partial charge in [0.2, 0.25) is 0 Å². The van der Waals surface area contributed by atoms with E-state index in [0.717, 1.165) is 32.4 Å². The zero-order chi connectivity index (χ0) is 11.3. The Kier molecular flexibility index (Phi) is 4.58. The largest absolute Gasteiger partial charge is 0.459 e. The molecule has 15 heavy (non-hydrogen) atoms. The van der Waals surface area contributed by atoms with Gasteiger partial charge in [0, 0.05) is 12.3 Å². The Bertz CT molecular complexity index is 208. The molecule has 0 radical (unpaired) electrons. The van der Waals surface area contributed by atoms with Crippen molar-refractivity contribution in [3.63, 3.8) is 0 Å². The van der Waals surface area contributed by atoms with Crippen LogP contribution in [0, 0.1) is 5.92 Å². The number of rotatable bonds is 4. The fourth-order valence-corrected chi connectivity index (χ4v) is 2.15. The van der Waals surface area contributed by atoms with Crippen LogP contribution in [0.4, 0.5) is 0 Å². The molecule has 0 atom stereocenters. The Hall–Kier alpha value is -0.570. The molecule has 1 rings (SSSR count). The van der Waals surface area contributed by atoms with Crippen LogP contribution in [-0.4, -0.2) is 24.7 Å². The first-order valence-corrected chi connectivity index (χ1v) is 5.99. The summed E-state index contributed by atoms with van der Waals surface area (Å²) in [6, 6.07) is 0. The monoisotopic (exact) mass is 213 g/mol. The average molecular weight is 213 g/mol. The van der Waals surface area contributed by atoms with Crippen molar-refractivity contribution in [1.29, 1.82) is 0 Å². The molecular weight excluding hydrogens is 190 g/mol. The molecule has 0 aromatic heterocycles. The summed E-state index contributed by atoms with van der Waals surface area (Å²) in [7, 11) is 0. The third-order valence-electron chi connectivity index (χ3n) is 3.15. The number of hydrogen-bond donors (Lipinski definition) is 1. The molecule has 1 aliphatic rings. The third kappa shape index (κ3) is 3.82. The highest BCUT2D eigenvalue weighted by Gasteiger charge is 2.33. The van der Waals surface area contributed by atoms with E-state index in [-0.39, 0.29) is 11.6 Å². The van der Waals surface area contributed by atoms with Gasteiger partial charge in [-0.3, -0.25) is 4.79 Å². The molecule has 1 aliphatic heterocycles. The summed E-state index contributed by atoms with van der Waals surface area (Å²) in [5, 5.41) is 3.32. The van der Waals surface area contributed by atoms with Gasteiger partial charge in [-0.15, -0.1) is 0 Å². The van der Waals surface area contributed by atoms with Gasteiger partial charge in [-0.25, -0.2) is 0 Å². The van der Waals surface area contributed by atoms with Gasteiger partial charge >= 0.3 is 5.97 Å². The van der Waals surface area contributed by atoms with E-state index in [0.29, 0.717) is 12.3 Å². The van der Waals surface area contributed by atoms with Crippen molar-refractivity contribution >= 4 is 5.97 Å². The summed E-state index contributed by atoms with van der Waals surface area (Å²) in [5.41, 5.74) is -0.297. The Balaban J connectivity index is 2.45. The minimum atomic E-state index is -0.297. The fourth-order valence-electron chi connectivity index (χ4n) is 2.15. The van der Waals surface area contributed by atoms with Gasteiger partial charge in [0.1, 0.15) is 5.60 Å². The van der Waals surface area contributed by atoms with Gasteiger partial charge < -0.3 is 10.1 Å². The van der Waals surface area contributed by atoms with Crippen LogP contribution in [0.1, 0.15) is 46.5 Å². The van der Waals surface area contributed by atoms with Crippen molar-refractivity contribution in [2.24, 2.45) is 5.92 Å². The van der Waals surface area contributed by atoms with E-state index >= 15 is 0 Å². The van der Waals surface area contributed by atoms with E-state index < -0.39 is 0 Å². The van der Waals surface area contributed by atoms with Gasteiger partial charge in [-0.1, -0.05) is 6.92 Å². The number of nitrogens with one attached hydrogen (secondary N) is 1. The molecule has 0 aromatic rings. The highest BCUT2D eigenvalue weighted by molar-refractivity contribution is 5.69. The summed E-state index contributed by atoms with van der Waals surface area (Å²) < 4.78 is 5.55. The summed E-state index contributed by atoms with van der Waals surface area (Å²) in [4.78, 5) is 11.5. The first-order valence-electron chi connectivity index (χ1n) is 5.99. The number of carbonyl (C=O) groups excluding carboxylic acids is 1. The van der Waals surface area contributed by atoms with Crippen molar-refractivity contribution in [2.45, 2.75) is 52.1 Å². The third-order valence-corrected chi connectivity index (χ3v) is 3.15. The summed E-state index contributed by atoms with van der Waals surface area (Å²) in [6.45, 7) is 8.16. The Labute approximate surface area is 92.6 Å². The van der Waals surface area contributed by atoms with Crippen molar-refractivity contribution in [1.82, 2.24) is 5.32 Å². The summed E-state index contributed by atoms with van der Waals surface area (Å²) in [6.07, 6.45) is 3.61. The van der Waals surface area contributed by atoms with Crippen molar-refractivity contribution in [2.75, 3.05) is 13.1 Å². The quantitative estimate of drug-likeness (QED) is 0.727. The van der Waals surface area contributed by atoms with Gasteiger partial charge in [0.05, 0.1) is 0 Å². The molecule has 3 nitrogen and oxygen atoms in total. The predicted octanol–water partition coefficient (Wildman–Crippen LogP) is 2.11. The van der Waals surface area contributed by atoms with Crippen LogP contribution in [0.3, 0.4) is 0 Å². The molecule has 1 N–H and O–H groups in total. The van der Waals surface area contributed by atoms with Crippen LogP contribution in [0.5, 0.6) is 0 Å². The van der Waals surface area contributed by atoms with Crippen LogP contribution >= 0.6 is 0 Å². The van der Waals surface area contributed by atoms with Crippen molar-refractivity contribution in [3.05, 3.63) is 0 Å². The molecular formula is C12H23NO2. The molecule has 0 bridgehead atoms. The lowest BCUT2D eigenvalue weighted by Gasteiger charge is -2.36. The van der Waals surface area contributed by atoms with E-state index in [1.807, 2.05) is 20.8 Å². The molecule has 0 aliphatic carbocycles. The van der Waals surface area contributed by atoms with Gasteiger partial charge in [-0.2, -0.15) is 0 Å². The fraction of sp³-hybridized carbons (Fsp3) is 0.917. The molecule has 88 valence electrons. The highest BCUT2D eigenvalue weighted by atomic mass is 16.6. The van der Waals surface area contributed by atoms with E-state index in [1.54, 1.807) is 0 Å². The van der Waals surface area contributed by atoms with Gasteiger partial charge in [-0.05, 0) is 46.2 Å². The first kappa shape index (κ1) is 12.5. The minimum absolute atomic E-state index is 0.0546. The number of piperidine rings is 1. The normalized spacial score (nSPS) is 18.9. The summed E-state index contributed by atoms with van der Waals surface area (Å²) in [5.74, 6) is 0.445. The molecule has 0 unspecified atom stereocenters. The lowest BCUT2D eigenvalue weighted by atomic mass is 9.83. The average Bonchev–Trinajstić information content (AvgIpc) is 2.18. The molecule has 0 aromatic carbocycles. The highest BCUT2D eigenvalue weighted by Crippen LogP contribution is 2.29. The van der Waals surface area contributed by atoms with Crippen LogP contribution in [0.25, 0.3) is 0 Å². The predicted molar refractivity (Wildman–Crippen MR) is 60.7 cm³/mol. The van der Waals surface area contributed by atoms with E-state index in [2.05, 4.69) is 5.32 Å². The van der Waals surface area contributed by atoms with E-state index in [4.69, 9.17) is 4.74 Å². The Morgan fingerprint density at radius 1 is 1.40 bits per heavy atom. The summed E-state index contributed by atoms with van der Waals surface area (Å²) >= 11 is 0. The number of esters is 1. The maximum absolute atomic E-state index is 11.5. The van der Waals surface area contributed by atoms with E-state index in [9.17, 15) is 4.79 Å². The molecule has 0 amide bonds. The number of carbonyl (C=O) groups is 1. The molecule has 1 fully saturated rings. The van der Waals surface area contributed by atoms with Gasteiger partial charge in [0.25, 0.3) is 0 Å². The molecule has 0 spiro atoms. The second kappa shape index (κ2) is 5.50. The first-order chi connectivity index (χ1) is 7.06. The lowest BCUT2D eigenvalue weighted by Crippen LogP contribution is -2.42. The topological polar surface area (TPSA) is 38.3 Å². The van der Waals surface area contributed by atoms with E-state index in [1.165, 1.54) is 0 Å². The molecule has 1 saturated heterocycles. The van der Waals surface area contributed by atoms with Crippen molar-refractivity contribution < 1.29 is 9.53 Å².